The van der Waals surface area contributed by atoms with Crippen LogP contribution in [-0.2, 0) is 9.47 Å². The van der Waals surface area contributed by atoms with E-state index in [4.69, 9.17) is 33.9 Å². The average molecular weight is 480 g/mol. The molecule has 2 aromatic carbocycles. The van der Waals surface area contributed by atoms with Gasteiger partial charge in [0.2, 0.25) is 5.75 Å². The minimum atomic E-state index is -1.14. The van der Waals surface area contributed by atoms with Crippen LogP contribution in [0.5, 0.6) is 17.2 Å². The zero-order valence-corrected chi connectivity index (χ0v) is 18.9. The maximum Gasteiger partial charge on any atom is 0.343 e. The number of benzene rings is 2. The highest BCUT2D eigenvalue weighted by molar-refractivity contribution is 5.93. The molecule has 1 aliphatic heterocycles. The Morgan fingerprint density at radius 1 is 1.00 bits per heavy atom. The lowest BCUT2D eigenvalue weighted by molar-refractivity contribution is -0.248. The molecule has 2 unspecified atom stereocenters. The summed E-state index contributed by atoms with van der Waals surface area (Å²) in [4.78, 5) is 23.2. The van der Waals surface area contributed by atoms with Crippen molar-refractivity contribution in [2.75, 3.05) is 27.9 Å². The SMILES string of the molecule is CO[C@@H]1CC(O)[C@H](O)C(CO)O1.COc1cc(C(=O)O)cc(OC)c1OC(=O)c1ccccc1. The van der Waals surface area contributed by atoms with Gasteiger partial charge in [0, 0.05) is 13.5 Å². The Morgan fingerprint density at radius 2 is 1.59 bits per heavy atom. The second-order valence-electron chi connectivity index (χ2n) is 7.09. The summed E-state index contributed by atoms with van der Waals surface area (Å²) >= 11 is 0. The van der Waals surface area contributed by atoms with Gasteiger partial charge in [-0.25, -0.2) is 9.59 Å². The molecule has 2 aromatic rings. The number of aliphatic hydroxyl groups excluding tert-OH is 3. The van der Waals surface area contributed by atoms with Gasteiger partial charge < -0.3 is 44.1 Å². The largest absolute Gasteiger partial charge is 0.493 e. The Bertz CT molecular complexity index is 922. The summed E-state index contributed by atoms with van der Waals surface area (Å²) in [7, 11) is 4.14. The van der Waals surface area contributed by atoms with Crippen molar-refractivity contribution in [3.05, 3.63) is 53.6 Å². The summed E-state index contributed by atoms with van der Waals surface area (Å²) < 4.78 is 25.4. The van der Waals surface area contributed by atoms with Crippen LogP contribution in [0.25, 0.3) is 0 Å². The Kier molecular flexibility index (Phi) is 10.2. The van der Waals surface area contributed by atoms with E-state index in [9.17, 15) is 19.8 Å². The first-order valence-corrected chi connectivity index (χ1v) is 10.2. The van der Waals surface area contributed by atoms with Gasteiger partial charge in [-0.2, -0.15) is 0 Å². The molecule has 0 aromatic heterocycles. The van der Waals surface area contributed by atoms with E-state index in [2.05, 4.69) is 0 Å². The first kappa shape index (κ1) is 27.0. The molecule has 1 aliphatic rings. The van der Waals surface area contributed by atoms with Crippen LogP contribution >= 0.6 is 0 Å². The first-order valence-electron chi connectivity index (χ1n) is 10.2. The van der Waals surface area contributed by atoms with Gasteiger partial charge in [0.25, 0.3) is 0 Å². The smallest absolute Gasteiger partial charge is 0.343 e. The van der Waals surface area contributed by atoms with Crippen molar-refractivity contribution in [3.63, 3.8) is 0 Å². The van der Waals surface area contributed by atoms with E-state index >= 15 is 0 Å². The van der Waals surface area contributed by atoms with Crippen LogP contribution in [0.1, 0.15) is 27.1 Å². The first-order chi connectivity index (χ1) is 16.2. The molecule has 4 atom stereocenters. The van der Waals surface area contributed by atoms with Gasteiger partial charge in [-0.1, -0.05) is 18.2 Å². The van der Waals surface area contributed by atoms with Crippen molar-refractivity contribution in [1.82, 2.24) is 0 Å². The monoisotopic (exact) mass is 480 g/mol. The molecule has 4 N–H and O–H groups in total. The third-order valence-electron chi connectivity index (χ3n) is 4.89. The highest BCUT2D eigenvalue weighted by atomic mass is 16.7. The van der Waals surface area contributed by atoms with Crippen molar-refractivity contribution in [1.29, 1.82) is 0 Å². The fourth-order valence-electron chi connectivity index (χ4n) is 3.05. The third-order valence-corrected chi connectivity index (χ3v) is 4.89. The molecule has 1 fully saturated rings. The molecular formula is C23H28O11. The van der Waals surface area contributed by atoms with Crippen LogP contribution in [0.4, 0.5) is 0 Å². The second-order valence-corrected chi connectivity index (χ2v) is 7.09. The molecule has 0 spiro atoms. The van der Waals surface area contributed by atoms with Crippen molar-refractivity contribution in [2.24, 2.45) is 0 Å². The zero-order chi connectivity index (χ0) is 25.3. The van der Waals surface area contributed by atoms with E-state index < -0.39 is 36.5 Å². The molecule has 186 valence electrons. The summed E-state index contributed by atoms with van der Waals surface area (Å²) in [6.45, 7) is -0.321. The van der Waals surface area contributed by atoms with E-state index in [1.54, 1.807) is 30.3 Å². The van der Waals surface area contributed by atoms with Crippen LogP contribution in [0, 0.1) is 0 Å². The number of aliphatic hydroxyl groups is 3. The zero-order valence-electron chi connectivity index (χ0n) is 18.9. The molecule has 11 heteroatoms. The van der Waals surface area contributed by atoms with Gasteiger partial charge in [-0.3, -0.25) is 0 Å². The van der Waals surface area contributed by atoms with E-state index in [0.29, 0.717) is 5.56 Å². The number of hydrogen-bond donors (Lipinski definition) is 4. The minimum absolute atomic E-state index is 0.0313. The van der Waals surface area contributed by atoms with Crippen LogP contribution in [0.3, 0.4) is 0 Å². The van der Waals surface area contributed by atoms with Crippen LogP contribution in [-0.4, -0.2) is 84.9 Å². The lowest BCUT2D eigenvalue weighted by Gasteiger charge is -2.35. The van der Waals surface area contributed by atoms with Gasteiger partial charge in [0.1, 0.15) is 12.2 Å². The number of methoxy groups -OCH3 is 3. The summed E-state index contributed by atoms with van der Waals surface area (Å²) in [5, 5.41) is 36.3. The number of aromatic carboxylic acids is 1. The highest BCUT2D eigenvalue weighted by Crippen LogP contribution is 2.39. The summed E-state index contributed by atoms with van der Waals surface area (Å²) in [6.07, 6.45) is -2.98. The number of ether oxygens (including phenoxy) is 5. The van der Waals surface area contributed by atoms with Crippen molar-refractivity contribution in [3.8, 4) is 17.2 Å². The third kappa shape index (κ3) is 6.89. The van der Waals surface area contributed by atoms with E-state index in [-0.39, 0.29) is 35.8 Å². The molecular weight excluding hydrogens is 452 g/mol. The van der Waals surface area contributed by atoms with Gasteiger partial charge in [0.15, 0.2) is 17.8 Å². The topological polar surface area (TPSA) is 161 Å². The molecule has 34 heavy (non-hydrogen) atoms. The Morgan fingerprint density at radius 3 is 2.06 bits per heavy atom. The van der Waals surface area contributed by atoms with Crippen LogP contribution in [0.15, 0.2) is 42.5 Å². The van der Waals surface area contributed by atoms with Crippen molar-refractivity contribution < 1.29 is 53.7 Å². The van der Waals surface area contributed by atoms with Gasteiger partial charge in [0.05, 0.1) is 38.1 Å². The molecule has 11 nitrogen and oxygen atoms in total. The maximum atomic E-state index is 12.1. The number of hydrogen-bond acceptors (Lipinski definition) is 10. The molecule has 0 bridgehead atoms. The number of carbonyl (C=O) groups excluding carboxylic acids is 1. The minimum Gasteiger partial charge on any atom is -0.493 e. The Hall–Kier alpha value is -3.22. The van der Waals surface area contributed by atoms with Crippen molar-refractivity contribution >= 4 is 11.9 Å². The van der Waals surface area contributed by atoms with Crippen molar-refractivity contribution in [2.45, 2.75) is 31.0 Å². The predicted octanol–water partition coefficient (Wildman–Crippen LogP) is 1.08. The average Bonchev–Trinajstić information content (AvgIpc) is 2.86. The number of carbonyl (C=O) groups is 2. The van der Waals surface area contributed by atoms with E-state index in [1.165, 1.54) is 33.5 Å². The molecule has 0 aliphatic carbocycles. The van der Waals surface area contributed by atoms with Gasteiger partial charge >= 0.3 is 11.9 Å². The Balaban J connectivity index is 0.000000287. The number of esters is 1. The normalized spacial score (nSPS) is 21.6. The van der Waals surface area contributed by atoms with Crippen LogP contribution in [0.2, 0.25) is 0 Å². The molecule has 3 rings (SSSR count). The number of rotatable bonds is 7. The quantitative estimate of drug-likeness (QED) is 0.331. The van der Waals surface area contributed by atoms with Gasteiger partial charge in [-0.15, -0.1) is 0 Å². The standard InChI is InChI=1S/C16H14O6.C7H14O5/c1-20-12-8-11(15(17)18)9-13(21-2)14(12)22-16(19)10-6-4-3-5-7-10;1-11-6-2-4(9)7(10)5(3-8)12-6/h3-9H,1-2H3,(H,17,18);4-10H,2-3H2,1H3/t;4?,5?,6-,7-/m.0/s1. The van der Waals surface area contributed by atoms with Crippen LogP contribution < -0.4 is 14.2 Å². The Labute approximate surface area is 196 Å². The molecule has 1 heterocycles. The number of carboxylic acid groups (broad SMARTS) is 1. The fourth-order valence-corrected chi connectivity index (χ4v) is 3.05. The lowest BCUT2D eigenvalue weighted by atomic mass is 10.0. The second kappa shape index (κ2) is 12.9. The predicted molar refractivity (Wildman–Crippen MR) is 117 cm³/mol. The molecule has 0 amide bonds. The summed E-state index contributed by atoms with van der Waals surface area (Å²) in [5.41, 5.74) is 0.321. The molecule has 0 radical (unpaired) electrons. The fraction of sp³-hybridized carbons (Fsp3) is 0.391. The molecule has 1 saturated heterocycles. The number of carboxylic acids is 1. The summed E-state index contributed by atoms with van der Waals surface area (Å²) in [6, 6.07) is 10.9. The lowest BCUT2D eigenvalue weighted by Crippen LogP contribution is -2.50. The summed E-state index contributed by atoms with van der Waals surface area (Å²) in [5.74, 6) is -1.51. The van der Waals surface area contributed by atoms with Gasteiger partial charge in [-0.05, 0) is 24.3 Å². The van der Waals surface area contributed by atoms with E-state index in [0.717, 1.165) is 0 Å². The molecule has 0 saturated carbocycles. The highest BCUT2D eigenvalue weighted by Gasteiger charge is 2.36. The van der Waals surface area contributed by atoms with E-state index in [1.807, 2.05) is 0 Å². The maximum absolute atomic E-state index is 12.1.